The van der Waals surface area contributed by atoms with E-state index in [-0.39, 0.29) is 0 Å². The summed E-state index contributed by atoms with van der Waals surface area (Å²) in [5.41, 5.74) is 2.71. The molecule has 0 saturated carbocycles. The van der Waals surface area contributed by atoms with Crippen LogP contribution in [0.15, 0.2) is 16.6 Å². The van der Waals surface area contributed by atoms with Gasteiger partial charge in [0.2, 0.25) is 0 Å². The molecule has 0 spiro atoms. The van der Waals surface area contributed by atoms with E-state index >= 15 is 0 Å². The summed E-state index contributed by atoms with van der Waals surface area (Å²) < 4.78 is 0. The van der Waals surface area contributed by atoms with Crippen molar-refractivity contribution in [2.75, 3.05) is 13.2 Å². The maximum atomic E-state index is 4.33. The van der Waals surface area contributed by atoms with Crippen LogP contribution in [-0.4, -0.2) is 18.9 Å². The Bertz CT molecular complexity index is 169. The van der Waals surface area contributed by atoms with E-state index in [2.05, 4.69) is 16.4 Å². The third kappa shape index (κ3) is 0.991. The average molecular weight is 135 g/mol. The number of hydrogen-bond donors (Lipinski definition) is 0. The molecule has 2 aliphatic rings. The molecule has 0 aromatic heterocycles. The van der Waals surface area contributed by atoms with Crippen molar-refractivity contribution < 1.29 is 0 Å². The Morgan fingerprint density at radius 1 is 1.40 bits per heavy atom. The SMILES string of the molecule is C1=C2C[N]CN=C2CCC1. The molecule has 0 amide bonds. The molecule has 0 saturated heterocycles. The first-order chi connectivity index (χ1) is 4.97. The van der Waals surface area contributed by atoms with Crippen LogP contribution in [0.1, 0.15) is 19.3 Å². The minimum Gasteiger partial charge on any atom is -0.273 e. The van der Waals surface area contributed by atoms with Crippen molar-refractivity contribution in [1.29, 1.82) is 0 Å². The van der Waals surface area contributed by atoms with Gasteiger partial charge in [-0.1, -0.05) is 6.08 Å². The molecule has 10 heavy (non-hydrogen) atoms. The highest BCUT2D eigenvalue weighted by molar-refractivity contribution is 6.01. The predicted octanol–water partition coefficient (Wildman–Crippen LogP) is 1.11. The molecule has 0 atom stereocenters. The van der Waals surface area contributed by atoms with Crippen molar-refractivity contribution in [2.45, 2.75) is 19.3 Å². The second kappa shape index (κ2) is 2.54. The van der Waals surface area contributed by atoms with E-state index in [0.29, 0.717) is 6.67 Å². The van der Waals surface area contributed by atoms with Crippen LogP contribution >= 0.6 is 0 Å². The summed E-state index contributed by atoms with van der Waals surface area (Å²) in [6.07, 6.45) is 5.97. The normalized spacial score (nSPS) is 24.8. The lowest BCUT2D eigenvalue weighted by atomic mass is 9.96. The molecular weight excluding hydrogens is 124 g/mol. The van der Waals surface area contributed by atoms with E-state index in [1.165, 1.54) is 30.5 Å². The Balaban J connectivity index is 2.25. The summed E-state index contributed by atoms with van der Waals surface area (Å²) in [6, 6.07) is 0. The Hall–Kier alpha value is -0.630. The van der Waals surface area contributed by atoms with Gasteiger partial charge in [0.25, 0.3) is 0 Å². The molecule has 1 aliphatic carbocycles. The Morgan fingerprint density at radius 2 is 2.40 bits per heavy atom. The van der Waals surface area contributed by atoms with Gasteiger partial charge in [-0.05, 0) is 24.8 Å². The van der Waals surface area contributed by atoms with E-state index < -0.39 is 0 Å². The van der Waals surface area contributed by atoms with Gasteiger partial charge in [-0.3, -0.25) is 4.99 Å². The number of hydrogen-bond acceptors (Lipinski definition) is 1. The van der Waals surface area contributed by atoms with Crippen molar-refractivity contribution in [3.63, 3.8) is 0 Å². The minimum atomic E-state index is 0.701. The Morgan fingerprint density at radius 3 is 3.30 bits per heavy atom. The number of rotatable bonds is 0. The molecule has 0 unspecified atom stereocenters. The van der Waals surface area contributed by atoms with E-state index in [4.69, 9.17) is 0 Å². The van der Waals surface area contributed by atoms with E-state index in [1.807, 2.05) is 0 Å². The molecule has 2 heteroatoms. The first-order valence-corrected chi connectivity index (χ1v) is 3.83. The maximum absolute atomic E-state index is 4.33. The van der Waals surface area contributed by atoms with Gasteiger partial charge in [-0.25, -0.2) is 5.32 Å². The molecule has 0 aromatic carbocycles. The molecule has 2 rings (SSSR count). The summed E-state index contributed by atoms with van der Waals surface area (Å²) >= 11 is 0. The van der Waals surface area contributed by atoms with Crippen LogP contribution in [-0.2, 0) is 0 Å². The van der Waals surface area contributed by atoms with Crippen molar-refractivity contribution in [1.82, 2.24) is 5.32 Å². The number of allylic oxidation sites excluding steroid dienone is 1. The van der Waals surface area contributed by atoms with Gasteiger partial charge in [0.1, 0.15) is 6.67 Å². The third-order valence-corrected chi connectivity index (χ3v) is 2.02. The van der Waals surface area contributed by atoms with Crippen LogP contribution in [0, 0.1) is 0 Å². The van der Waals surface area contributed by atoms with Crippen LogP contribution in [0.3, 0.4) is 0 Å². The second-order valence-corrected chi connectivity index (χ2v) is 2.75. The zero-order chi connectivity index (χ0) is 6.81. The highest BCUT2D eigenvalue weighted by Crippen LogP contribution is 2.16. The van der Waals surface area contributed by atoms with Crippen molar-refractivity contribution >= 4 is 5.71 Å². The second-order valence-electron chi connectivity index (χ2n) is 2.75. The Labute approximate surface area is 61.0 Å². The zero-order valence-corrected chi connectivity index (χ0v) is 6.01. The maximum Gasteiger partial charge on any atom is 0.105 e. The first kappa shape index (κ1) is 6.10. The van der Waals surface area contributed by atoms with E-state index in [9.17, 15) is 0 Å². The molecule has 1 aliphatic heterocycles. The highest BCUT2D eigenvalue weighted by atomic mass is 15.0. The summed E-state index contributed by atoms with van der Waals surface area (Å²) in [6.45, 7) is 1.62. The van der Waals surface area contributed by atoms with Gasteiger partial charge in [0.15, 0.2) is 0 Å². The van der Waals surface area contributed by atoms with Gasteiger partial charge in [-0.15, -0.1) is 0 Å². The van der Waals surface area contributed by atoms with Gasteiger partial charge >= 0.3 is 0 Å². The van der Waals surface area contributed by atoms with E-state index in [0.717, 1.165) is 6.54 Å². The third-order valence-electron chi connectivity index (χ3n) is 2.02. The van der Waals surface area contributed by atoms with Gasteiger partial charge < -0.3 is 0 Å². The lowest BCUT2D eigenvalue weighted by Gasteiger charge is -2.19. The molecule has 1 radical (unpaired) electrons. The molecule has 0 aromatic rings. The largest absolute Gasteiger partial charge is 0.273 e. The molecule has 0 N–H and O–H groups in total. The summed E-state index contributed by atoms with van der Waals surface area (Å²) in [7, 11) is 0. The van der Waals surface area contributed by atoms with Crippen molar-refractivity contribution in [3.8, 4) is 0 Å². The summed E-state index contributed by atoms with van der Waals surface area (Å²) in [5.74, 6) is 0. The van der Waals surface area contributed by atoms with Crippen molar-refractivity contribution in [3.05, 3.63) is 11.6 Å². The molecule has 1 heterocycles. The molecule has 0 fully saturated rings. The number of aliphatic imine (C=N–C) groups is 1. The van der Waals surface area contributed by atoms with Gasteiger partial charge in [-0.2, -0.15) is 0 Å². The number of fused-ring (bicyclic) bond motifs is 1. The Kier molecular flexibility index (Phi) is 1.55. The summed E-state index contributed by atoms with van der Waals surface area (Å²) in [4.78, 5) is 4.33. The fraction of sp³-hybridized carbons (Fsp3) is 0.625. The smallest absolute Gasteiger partial charge is 0.105 e. The van der Waals surface area contributed by atoms with Gasteiger partial charge in [0, 0.05) is 12.3 Å². The van der Waals surface area contributed by atoms with Crippen LogP contribution in [0.2, 0.25) is 0 Å². The van der Waals surface area contributed by atoms with E-state index in [1.54, 1.807) is 0 Å². The topological polar surface area (TPSA) is 26.5 Å². The van der Waals surface area contributed by atoms with Crippen LogP contribution in [0.4, 0.5) is 0 Å². The fourth-order valence-electron chi connectivity index (χ4n) is 1.47. The molecule has 2 nitrogen and oxygen atoms in total. The lowest BCUT2D eigenvalue weighted by Crippen LogP contribution is -2.24. The zero-order valence-electron chi connectivity index (χ0n) is 6.01. The monoisotopic (exact) mass is 135 g/mol. The summed E-state index contributed by atoms with van der Waals surface area (Å²) in [5, 5.41) is 4.21. The highest BCUT2D eigenvalue weighted by Gasteiger charge is 2.13. The molecule has 53 valence electrons. The molecule has 0 bridgehead atoms. The average Bonchev–Trinajstić information content (AvgIpc) is 2.05. The lowest BCUT2D eigenvalue weighted by molar-refractivity contribution is 0.703. The quantitative estimate of drug-likeness (QED) is 0.476. The van der Waals surface area contributed by atoms with Crippen LogP contribution < -0.4 is 5.32 Å². The van der Waals surface area contributed by atoms with Crippen LogP contribution in [0.5, 0.6) is 0 Å². The standard InChI is InChI=1S/C8H11N2/c1-2-4-8-7(3-1)5-9-6-10-8/h3H,1-2,4-6H2. The molecular formula is C8H11N2. The van der Waals surface area contributed by atoms with Crippen LogP contribution in [0.25, 0.3) is 0 Å². The minimum absolute atomic E-state index is 0.701. The van der Waals surface area contributed by atoms with Crippen molar-refractivity contribution in [2.24, 2.45) is 4.99 Å². The van der Waals surface area contributed by atoms with Gasteiger partial charge in [0.05, 0.1) is 0 Å². The first-order valence-electron chi connectivity index (χ1n) is 3.83. The number of nitrogens with zero attached hydrogens (tertiary/aromatic N) is 2. The predicted molar refractivity (Wildman–Crippen MR) is 41.2 cm³/mol. The fourth-order valence-corrected chi connectivity index (χ4v) is 1.47.